The van der Waals surface area contributed by atoms with Crippen LogP contribution in [0.15, 0.2) is 30.5 Å². The van der Waals surface area contributed by atoms with Gasteiger partial charge in [0.15, 0.2) is 6.10 Å². The van der Waals surface area contributed by atoms with E-state index in [1.807, 2.05) is 29.2 Å². The number of amides is 3. The highest BCUT2D eigenvalue weighted by atomic mass is 35.5. The molecule has 6 rings (SSSR count). The number of thiophene rings is 1. The summed E-state index contributed by atoms with van der Waals surface area (Å²) in [6, 6.07) is 7.57. The molecule has 0 aliphatic carbocycles. The number of fused-ring (bicyclic) bond motifs is 2. The van der Waals surface area contributed by atoms with Crippen LogP contribution in [0.3, 0.4) is 0 Å². The van der Waals surface area contributed by atoms with E-state index >= 15 is 0 Å². The molecule has 1 aromatic carbocycles. The summed E-state index contributed by atoms with van der Waals surface area (Å²) in [5.74, 6) is 0.131. The molecule has 2 atom stereocenters. The Morgan fingerprint density at radius 1 is 1.19 bits per heavy atom. The van der Waals surface area contributed by atoms with E-state index in [9.17, 15) is 14.4 Å². The summed E-state index contributed by atoms with van der Waals surface area (Å²) in [4.78, 5) is 46.4. The van der Waals surface area contributed by atoms with Gasteiger partial charge in [0.05, 0.1) is 16.8 Å². The maximum Gasteiger partial charge on any atom is 0.264 e. The van der Waals surface area contributed by atoms with Gasteiger partial charge in [0.2, 0.25) is 11.8 Å². The second-order valence-corrected chi connectivity index (χ2v) is 11.1. The van der Waals surface area contributed by atoms with Crippen molar-refractivity contribution in [3.63, 3.8) is 0 Å². The Bertz CT molecular complexity index is 1400. The van der Waals surface area contributed by atoms with Crippen molar-refractivity contribution in [1.29, 1.82) is 0 Å². The van der Waals surface area contributed by atoms with E-state index < -0.39 is 6.10 Å². The van der Waals surface area contributed by atoms with Gasteiger partial charge in [-0.25, -0.2) is 0 Å². The Labute approximate surface area is 217 Å². The molecule has 1 unspecified atom stereocenters. The SMILES string of the molecule is CC1CC(=O)N(Cc2cc3nccc(-c4cc(Cl)cc5c4O[C@@H](C(=O)N4CCNCC4)C5)c3s2)C1=O. The quantitative estimate of drug-likeness (QED) is 0.527. The molecule has 10 heteroatoms. The number of hydrogen-bond donors (Lipinski definition) is 1. The molecule has 3 aliphatic rings. The van der Waals surface area contributed by atoms with E-state index in [0.717, 1.165) is 44.9 Å². The van der Waals surface area contributed by atoms with Gasteiger partial charge in [-0.1, -0.05) is 18.5 Å². The average Bonchev–Trinajstić information content (AvgIpc) is 3.55. The zero-order valence-corrected chi connectivity index (χ0v) is 21.3. The summed E-state index contributed by atoms with van der Waals surface area (Å²) in [6.07, 6.45) is 1.90. The summed E-state index contributed by atoms with van der Waals surface area (Å²) in [6.45, 7) is 4.94. The van der Waals surface area contributed by atoms with E-state index in [1.54, 1.807) is 13.1 Å². The molecule has 3 amide bonds. The second kappa shape index (κ2) is 9.14. The van der Waals surface area contributed by atoms with Crippen LogP contribution in [0.5, 0.6) is 5.75 Å². The molecular formula is C26H25ClN4O4S. The molecule has 0 radical (unpaired) electrons. The molecule has 8 nitrogen and oxygen atoms in total. The number of likely N-dealkylation sites (tertiary alicyclic amines) is 1. The Morgan fingerprint density at radius 2 is 2.00 bits per heavy atom. The number of pyridine rings is 1. The first kappa shape index (κ1) is 23.4. The summed E-state index contributed by atoms with van der Waals surface area (Å²) < 4.78 is 7.20. The molecule has 5 heterocycles. The van der Waals surface area contributed by atoms with Gasteiger partial charge in [0.25, 0.3) is 5.91 Å². The van der Waals surface area contributed by atoms with Crippen LogP contribution < -0.4 is 10.1 Å². The zero-order chi connectivity index (χ0) is 25.0. The first-order valence-electron chi connectivity index (χ1n) is 12.1. The lowest BCUT2D eigenvalue weighted by molar-refractivity contribution is -0.140. The Balaban J connectivity index is 1.33. The fourth-order valence-electron chi connectivity index (χ4n) is 5.20. The number of hydrogen-bond acceptors (Lipinski definition) is 7. The molecular weight excluding hydrogens is 500 g/mol. The molecule has 2 fully saturated rings. The molecule has 3 aromatic rings. The Kier molecular flexibility index (Phi) is 5.94. The molecule has 3 aliphatic heterocycles. The number of carbonyl (C=O) groups is 3. The topological polar surface area (TPSA) is 91.8 Å². The van der Waals surface area contributed by atoms with Crippen molar-refractivity contribution in [3.05, 3.63) is 45.9 Å². The summed E-state index contributed by atoms with van der Waals surface area (Å²) >= 11 is 8.02. The minimum atomic E-state index is -0.569. The number of aromatic nitrogens is 1. The first-order chi connectivity index (χ1) is 17.4. The molecule has 0 saturated carbocycles. The Hall–Kier alpha value is -3.01. The van der Waals surface area contributed by atoms with Crippen molar-refractivity contribution in [2.75, 3.05) is 26.2 Å². The third kappa shape index (κ3) is 4.05. The van der Waals surface area contributed by atoms with Gasteiger partial charge in [0.1, 0.15) is 5.75 Å². The number of imide groups is 1. The molecule has 186 valence electrons. The van der Waals surface area contributed by atoms with Gasteiger partial charge in [-0.05, 0) is 24.3 Å². The van der Waals surface area contributed by atoms with E-state index in [0.29, 0.717) is 30.3 Å². The number of benzene rings is 1. The maximum absolute atomic E-state index is 13.1. The van der Waals surface area contributed by atoms with Gasteiger partial charge in [0, 0.05) is 77.7 Å². The van der Waals surface area contributed by atoms with Crippen LogP contribution in [0.25, 0.3) is 21.3 Å². The lowest BCUT2D eigenvalue weighted by Crippen LogP contribution is -2.50. The standard InChI is InChI=1S/C26H25ClN4O4S/c1-14-8-22(32)31(25(14)33)13-17-12-20-24(36-17)18(2-3-29-20)19-11-16(27)9-15-10-21(35-23(15)19)26(34)30-6-4-28-5-7-30/h2-3,9,11-12,14,21,28H,4-8,10,13H2,1H3/t14?,21-/m1/s1. The number of carbonyl (C=O) groups excluding carboxylic acids is 3. The van der Waals surface area contributed by atoms with Gasteiger partial charge < -0.3 is 15.0 Å². The molecule has 1 N–H and O–H groups in total. The zero-order valence-electron chi connectivity index (χ0n) is 19.8. The van der Waals surface area contributed by atoms with Crippen molar-refractivity contribution >= 4 is 50.9 Å². The van der Waals surface area contributed by atoms with Crippen LogP contribution >= 0.6 is 22.9 Å². The number of nitrogens with one attached hydrogen (secondary N) is 1. The highest BCUT2D eigenvalue weighted by Gasteiger charge is 2.37. The number of halogens is 1. The van der Waals surface area contributed by atoms with Gasteiger partial charge in [-0.2, -0.15) is 0 Å². The van der Waals surface area contributed by atoms with Gasteiger partial charge in [-0.15, -0.1) is 11.3 Å². The minimum absolute atomic E-state index is 0.00207. The van der Waals surface area contributed by atoms with E-state index in [2.05, 4.69) is 10.3 Å². The number of ether oxygens (including phenoxy) is 1. The molecule has 2 aromatic heterocycles. The minimum Gasteiger partial charge on any atom is -0.479 e. The molecule has 2 saturated heterocycles. The monoisotopic (exact) mass is 524 g/mol. The van der Waals surface area contributed by atoms with E-state index in [4.69, 9.17) is 16.3 Å². The summed E-state index contributed by atoms with van der Waals surface area (Å²) in [5.41, 5.74) is 3.41. The lowest BCUT2D eigenvalue weighted by atomic mass is 10.0. The summed E-state index contributed by atoms with van der Waals surface area (Å²) in [5, 5.41) is 3.84. The normalized spacial score (nSPS) is 21.8. The maximum atomic E-state index is 13.1. The van der Waals surface area contributed by atoms with Crippen LogP contribution in [0, 0.1) is 5.92 Å². The van der Waals surface area contributed by atoms with Crippen molar-refractivity contribution in [2.24, 2.45) is 5.92 Å². The first-order valence-corrected chi connectivity index (χ1v) is 13.3. The second-order valence-electron chi connectivity index (χ2n) is 9.54. The van der Waals surface area contributed by atoms with Crippen LogP contribution in [-0.2, 0) is 27.3 Å². The third-order valence-corrected chi connectivity index (χ3v) is 8.40. The largest absolute Gasteiger partial charge is 0.479 e. The fraction of sp³-hybridized carbons (Fsp3) is 0.385. The Morgan fingerprint density at radius 3 is 2.75 bits per heavy atom. The van der Waals surface area contributed by atoms with Crippen molar-refractivity contribution < 1.29 is 19.1 Å². The fourth-order valence-corrected chi connectivity index (χ4v) is 6.57. The van der Waals surface area contributed by atoms with Crippen LogP contribution in [0.1, 0.15) is 23.8 Å². The van der Waals surface area contributed by atoms with Crippen molar-refractivity contribution in [1.82, 2.24) is 20.1 Å². The number of nitrogens with zero attached hydrogens (tertiary/aromatic N) is 3. The van der Waals surface area contributed by atoms with Crippen molar-refractivity contribution in [2.45, 2.75) is 32.4 Å². The van der Waals surface area contributed by atoms with Gasteiger partial charge in [-0.3, -0.25) is 24.3 Å². The molecule has 0 bridgehead atoms. The van der Waals surface area contributed by atoms with Crippen LogP contribution in [-0.4, -0.2) is 64.8 Å². The molecule has 0 spiro atoms. The average molecular weight is 525 g/mol. The van der Waals surface area contributed by atoms with Gasteiger partial charge >= 0.3 is 0 Å². The van der Waals surface area contributed by atoms with Crippen LogP contribution in [0.2, 0.25) is 5.02 Å². The molecule has 36 heavy (non-hydrogen) atoms. The highest BCUT2D eigenvalue weighted by Crippen LogP contribution is 2.45. The lowest BCUT2D eigenvalue weighted by Gasteiger charge is -2.29. The van der Waals surface area contributed by atoms with Crippen LogP contribution in [0.4, 0.5) is 0 Å². The predicted octanol–water partition coefficient (Wildman–Crippen LogP) is 3.25. The van der Waals surface area contributed by atoms with E-state index in [-0.39, 0.29) is 36.6 Å². The number of rotatable bonds is 4. The summed E-state index contributed by atoms with van der Waals surface area (Å²) in [7, 11) is 0. The highest BCUT2D eigenvalue weighted by molar-refractivity contribution is 7.19. The smallest absolute Gasteiger partial charge is 0.264 e. The van der Waals surface area contributed by atoms with E-state index in [1.165, 1.54) is 16.2 Å². The third-order valence-electron chi connectivity index (χ3n) is 7.04. The number of piperazine rings is 1. The van der Waals surface area contributed by atoms with Crippen molar-refractivity contribution in [3.8, 4) is 16.9 Å². The predicted molar refractivity (Wildman–Crippen MR) is 137 cm³/mol.